The number of hydrogen-bond acceptors (Lipinski definition) is 4. The highest BCUT2D eigenvalue weighted by molar-refractivity contribution is 5.97. The summed E-state index contributed by atoms with van der Waals surface area (Å²) in [6, 6.07) is 3.41. The van der Waals surface area contributed by atoms with Gasteiger partial charge in [0.25, 0.3) is 5.91 Å². The van der Waals surface area contributed by atoms with Crippen LogP contribution in [0.3, 0.4) is 0 Å². The summed E-state index contributed by atoms with van der Waals surface area (Å²) in [6.45, 7) is 3.55. The number of anilines is 1. The van der Waals surface area contributed by atoms with Crippen molar-refractivity contribution >= 4 is 11.6 Å². The fraction of sp³-hybridized carbons (Fsp3) is 0.385. The number of nitrogens with zero attached hydrogens (tertiary/aromatic N) is 3. The topological polar surface area (TPSA) is 62.5 Å². The first-order valence-electron chi connectivity index (χ1n) is 5.88. The lowest BCUT2D eigenvalue weighted by Crippen LogP contribution is -2.48. The van der Waals surface area contributed by atoms with Crippen LogP contribution >= 0.6 is 0 Å². The van der Waals surface area contributed by atoms with E-state index in [4.69, 9.17) is 12.2 Å². The molecule has 1 aromatic heterocycles. The van der Waals surface area contributed by atoms with E-state index < -0.39 is 0 Å². The van der Waals surface area contributed by atoms with Crippen molar-refractivity contribution < 1.29 is 4.79 Å². The van der Waals surface area contributed by atoms with Crippen molar-refractivity contribution in [3.05, 3.63) is 24.0 Å². The van der Waals surface area contributed by atoms with E-state index >= 15 is 0 Å². The van der Waals surface area contributed by atoms with Crippen LogP contribution in [0.15, 0.2) is 18.3 Å². The summed E-state index contributed by atoms with van der Waals surface area (Å²) in [4.78, 5) is 20.2. The van der Waals surface area contributed by atoms with Crippen molar-refractivity contribution in [2.24, 2.45) is 0 Å². The Morgan fingerprint density at radius 1 is 1.44 bits per heavy atom. The number of aromatic nitrogens is 1. The van der Waals surface area contributed by atoms with Gasteiger partial charge in [-0.25, -0.2) is 4.98 Å². The van der Waals surface area contributed by atoms with E-state index in [9.17, 15) is 4.79 Å². The number of hydrogen-bond donors (Lipinski definition) is 1. The van der Waals surface area contributed by atoms with Gasteiger partial charge in [0.05, 0.1) is 12.2 Å². The molecule has 94 valence electrons. The second-order valence-electron chi connectivity index (χ2n) is 4.21. The Morgan fingerprint density at radius 3 is 2.78 bits per heavy atom. The lowest BCUT2D eigenvalue weighted by atomic mass is 10.2. The molecule has 0 bridgehead atoms. The van der Waals surface area contributed by atoms with Gasteiger partial charge in [0.1, 0.15) is 0 Å². The lowest BCUT2D eigenvalue weighted by Gasteiger charge is -2.33. The average Bonchev–Trinajstić information content (AvgIpc) is 2.40. The maximum atomic E-state index is 12.2. The van der Waals surface area contributed by atoms with Gasteiger partial charge in [-0.05, 0) is 12.1 Å². The van der Waals surface area contributed by atoms with Crippen molar-refractivity contribution in [3.63, 3.8) is 0 Å². The minimum absolute atomic E-state index is 0.103. The summed E-state index contributed by atoms with van der Waals surface area (Å²) in [7, 11) is 0. The molecule has 1 amide bonds. The first kappa shape index (κ1) is 12.4. The van der Waals surface area contributed by atoms with Crippen LogP contribution in [0.2, 0.25) is 0 Å². The molecular formula is C13H16N4O. The Hall–Kier alpha value is -2.06. The molecule has 18 heavy (non-hydrogen) atoms. The minimum atomic E-state index is -0.103. The summed E-state index contributed by atoms with van der Waals surface area (Å²) in [6.07, 6.45) is 6.85. The summed E-state index contributed by atoms with van der Waals surface area (Å²) in [5.74, 6) is 2.51. The Morgan fingerprint density at radius 2 is 2.17 bits per heavy atom. The van der Waals surface area contributed by atoms with E-state index in [0.717, 1.165) is 13.1 Å². The zero-order chi connectivity index (χ0) is 13.0. The number of terminal acetylenes is 1. The van der Waals surface area contributed by atoms with Gasteiger partial charge in [-0.15, -0.1) is 6.42 Å². The molecule has 0 atom stereocenters. The molecule has 0 saturated carbocycles. The average molecular weight is 244 g/mol. The number of piperazine rings is 1. The number of pyridine rings is 1. The Bertz CT molecular complexity index is 472. The molecule has 1 saturated heterocycles. The molecule has 5 nitrogen and oxygen atoms in total. The van der Waals surface area contributed by atoms with Crippen molar-refractivity contribution in [2.45, 2.75) is 0 Å². The fourth-order valence-electron chi connectivity index (χ4n) is 1.98. The number of carbonyl (C=O) groups is 1. The Balaban J connectivity index is 2.00. The summed E-state index contributed by atoms with van der Waals surface area (Å²) >= 11 is 0. The quantitative estimate of drug-likeness (QED) is 0.747. The molecule has 0 radical (unpaired) electrons. The van der Waals surface area contributed by atoms with Gasteiger partial charge in [-0.2, -0.15) is 0 Å². The van der Waals surface area contributed by atoms with Crippen molar-refractivity contribution in [3.8, 4) is 12.3 Å². The molecule has 1 aliphatic heterocycles. The second-order valence-corrected chi connectivity index (χ2v) is 4.21. The largest absolute Gasteiger partial charge is 0.397 e. The predicted octanol–water partition coefficient (Wildman–Crippen LogP) is 0.0548. The summed E-state index contributed by atoms with van der Waals surface area (Å²) in [5.41, 5.74) is 6.52. The number of rotatable bonds is 2. The van der Waals surface area contributed by atoms with Crippen molar-refractivity contribution in [1.29, 1.82) is 0 Å². The van der Waals surface area contributed by atoms with Crippen LogP contribution in [0.1, 0.15) is 10.5 Å². The van der Waals surface area contributed by atoms with Gasteiger partial charge < -0.3 is 10.6 Å². The first-order chi connectivity index (χ1) is 8.72. The third-order valence-electron chi connectivity index (χ3n) is 3.02. The standard InChI is InChI=1S/C13H16N4O/c1-2-6-16-7-9-17(10-8-16)13(18)12-11(14)4-3-5-15-12/h1,3-5H,6-10,14H2. The SMILES string of the molecule is C#CCN1CCN(C(=O)c2ncccc2N)CC1. The number of carbonyl (C=O) groups excluding carboxylic acids is 1. The van der Waals surface area contributed by atoms with E-state index in [1.165, 1.54) is 0 Å². The summed E-state index contributed by atoms with van der Waals surface area (Å²) < 4.78 is 0. The van der Waals surface area contributed by atoms with Gasteiger partial charge in [0.15, 0.2) is 5.69 Å². The maximum absolute atomic E-state index is 12.2. The molecule has 2 heterocycles. The van der Waals surface area contributed by atoms with E-state index in [1.54, 1.807) is 23.2 Å². The molecule has 0 aliphatic carbocycles. The first-order valence-corrected chi connectivity index (χ1v) is 5.88. The predicted molar refractivity (Wildman–Crippen MR) is 69.8 cm³/mol. The highest BCUT2D eigenvalue weighted by Crippen LogP contribution is 2.12. The zero-order valence-corrected chi connectivity index (χ0v) is 10.2. The Labute approximate surface area is 107 Å². The molecule has 2 N–H and O–H groups in total. The zero-order valence-electron chi connectivity index (χ0n) is 10.2. The number of amides is 1. The van der Waals surface area contributed by atoms with E-state index in [1.807, 2.05) is 0 Å². The smallest absolute Gasteiger partial charge is 0.274 e. The van der Waals surface area contributed by atoms with Gasteiger partial charge >= 0.3 is 0 Å². The van der Waals surface area contributed by atoms with Crippen LogP contribution in [-0.4, -0.2) is 53.4 Å². The monoisotopic (exact) mass is 244 g/mol. The van der Waals surface area contributed by atoms with Crippen LogP contribution in [0.4, 0.5) is 5.69 Å². The van der Waals surface area contributed by atoms with Gasteiger partial charge in [-0.3, -0.25) is 9.69 Å². The highest BCUT2D eigenvalue weighted by Gasteiger charge is 2.23. The van der Waals surface area contributed by atoms with Gasteiger partial charge in [-0.1, -0.05) is 5.92 Å². The maximum Gasteiger partial charge on any atom is 0.274 e. The van der Waals surface area contributed by atoms with E-state index in [0.29, 0.717) is 31.0 Å². The molecular weight excluding hydrogens is 228 g/mol. The van der Waals surface area contributed by atoms with E-state index in [-0.39, 0.29) is 5.91 Å². The van der Waals surface area contributed by atoms with Crippen molar-refractivity contribution in [2.75, 3.05) is 38.5 Å². The second kappa shape index (κ2) is 5.52. The number of nitrogens with two attached hydrogens (primary N) is 1. The molecule has 0 unspecified atom stereocenters. The molecule has 0 spiro atoms. The normalized spacial score (nSPS) is 16.3. The number of nitrogen functional groups attached to an aromatic ring is 1. The van der Waals surface area contributed by atoms with Crippen LogP contribution in [0, 0.1) is 12.3 Å². The van der Waals surface area contributed by atoms with Crippen LogP contribution < -0.4 is 5.73 Å². The van der Waals surface area contributed by atoms with Crippen molar-refractivity contribution in [1.82, 2.24) is 14.8 Å². The van der Waals surface area contributed by atoms with Gasteiger partial charge in [0.2, 0.25) is 0 Å². The third-order valence-corrected chi connectivity index (χ3v) is 3.02. The van der Waals surface area contributed by atoms with Crippen LogP contribution in [-0.2, 0) is 0 Å². The highest BCUT2D eigenvalue weighted by atomic mass is 16.2. The lowest BCUT2D eigenvalue weighted by molar-refractivity contribution is 0.0647. The Kier molecular flexibility index (Phi) is 3.80. The summed E-state index contributed by atoms with van der Waals surface area (Å²) in [5, 5.41) is 0. The van der Waals surface area contributed by atoms with E-state index in [2.05, 4.69) is 15.8 Å². The minimum Gasteiger partial charge on any atom is -0.397 e. The molecule has 0 aromatic carbocycles. The van der Waals surface area contributed by atoms with Crippen LogP contribution in [0.25, 0.3) is 0 Å². The molecule has 1 aliphatic rings. The third kappa shape index (κ3) is 2.60. The van der Waals surface area contributed by atoms with Crippen LogP contribution in [0.5, 0.6) is 0 Å². The molecule has 5 heteroatoms. The molecule has 1 aromatic rings. The van der Waals surface area contributed by atoms with Gasteiger partial charge in [0, 0.05) is 32.4 Å². The fourth-order valence-corrected chi connectivity index (χ4v) is 1.98. The molecule has 1 fully saturated rings. The molecule has 2 rings (SSSR count).